The van der Waals surface area contributed by atoms with Gasteiger partial charge in [0, 0.05) is 11.6 Å². The number of hydrogen-bond donors (Lipinski definition) is 1. The quantitative estimate of drug-likeness (QED) is 0.821. The Balaban J connectivity index is 1.75. The second-order valence-corrected chi connectivity index (χ2v) is 9.19. The molecular weight excluding hydrogens is 348 g/mol. The lowest BCUT2D eigenvalue weighted by Crippen LogP contribution is -2.57. The normalized spacial score (nSPS) is 24.5. The van der Waals surface area contributed by atoms with Crippen LogP contribution in [0, 0.1) is 0 Å². The number of nitrogens with zero attached hydrogens (tertiary/aromatic N) is 1. The molecule has 2 atom stereocenters. The average Bonchev–Trinajstić information content (AvgIpc) is 2.87. The molecule has 1 N–H and O–H groups in total. The van der Waals surface area contributed by atoms with Crippen molar-refractivity contribution in [1.29, 1.82) is 0 Å². The Kier molecular flexibility index (Phi) is 4.14. The fraction of sp³-hybridized carbons (Fsp3) is 0.300. The van der Waals surface area contributed by atoms with Crippen LogP contribution in [0.4, 0.5) is 5.69 Å². The first kappa shape index (κ1) is 17.3. The molecule has 0 aliphatic carbocycles. The van der Waals surface area contributed by atoms with Crippen LogP contribution in [0.15, 0.2) is 54.2 Å². The summed E-state index contributed by atoms with van der Waals surface area (Å²) in [6.45, 7) is 1.32. The maximum absolute atomic E-state index is 12.8. The summed E-state index contributed by atoms with van der Waals surface area (Å²) in [5, 5.41) is 3.34. The third-order valence-electron chi connectivity index (χ3n) is 5.33. The highest BCUT2D eigenvalue weighted by Crippen LogP contribution is 2.49. The van der Waals surface area contributed by atoms with Gasteiger partial charge in [-0.1, -0.05) is 36.4 Å². The van der Waals surface area contributed by atoms with Crippen LogP contribution in [0.5, 0.6) is 5.75 Å². The van der Waals surface area contributed by atoms with E-state index >= 15 is 0 Å². The van der Waals surface area contributed by atoms with Gasteiger partial charge in [0.1, 0.15) is 12.3 Å². The Morgan fingerprint density at radius 2 is 1.88 bits per heavy atom. The number of ether oxygens (including phenoxy) is 1. The number of benzene rings is 2. The van der Waals surface area contributed by atoms with Crippen molar-refractivity contribution < 1.29 is 13.2 Å². The summed E-state index contributed by atoms with van der Waals surface area (Å²) in [6, 6.07) is 15.7. The van der Waals surface area contributed by atoms with E-state index in [-0.39, 0.29) is 9.93 Å². The summed E-state index contributed by atoms with van der Waals surface area (Å²) in [5.74, 6) is 0.616. The van der Waals surface area contributed by atoms with Crippen LogP contribution >= 0.6 is 0 Å². The molecule has 136 valence electrons. The molecule has 0 aromatic heterocycles. The van der Waals surface area contributed by atoms with Crippen LogP contribution < -0.4 is 13.9 Å². The Bertz CT molecular complexity index is 966. The van der Waals surface area contributed by atoms with Crippen LogP contribution in [0.25, 0.3) is 6.08 Å². The van der Waals surface area contributed by atoms with E-state index in [4.69, 9.17) is 4.74 Å². The number of sulfonamides is 1. The molecule has 0 saturated carbocycles. The molecule has 2 aromatic carbocycles. The lowest BCUT2D eigenvalue weighted by Gasteiger charge is -2.37. The molecule has 6 heteroatoms. The maximum Gasteiger partial charge on any atom is 0.303 e. The van der Waals surface area contributed by atoms with Crippen molar-refractivity contribution >= 4 is 21.8 Å². The Labute approximate surface area is 154 Å². The van der Waals surface area contributed by atoms with Crippen LogP contribution in [0.3, 0.4) is 0 Å². The summed E-state index contributed by atoms with van der Waals surface area (Å²) in [4.78, 5) is 0. The van der Waals surface area contributed by atoms with E-state index < -0.39 is 10.0 Å². The molecule has 1 fully saturated rings. The molecule has 0 bridgehead atoms. The second-order valence-electron chi connectivity index (χ2n) is 6.99. The summed E-state index contributed by atoms with van der Waals surface area (Å²) in [6.07, 6.45) is 4.24. The van der Waals surface area contributed by atoms with E-state index in [2.05, 4.69) is 5.32 Å². The predicted octanol–water partition coefficient (Wildman–Crippen LogP) is 2.88. The molecule has 2 heterocycles. The smallest absolute Gasteiger partial charge is 0.303 e. The van der Waals surface area contributed by atoms with E-state index in [1.54, 1.807) is 7.05 Å². The second kappa shape index (κ2) is 6.23. The van der Waals surface area contributed by atoms with E-state index in [1.807, 2.05) is 54.6 Å². The van der Waals surface area contributed by atoms with Gasteiger partial charge in [0.25, 0.3) is 0 Å². The van der Waals surface area contributed by atoms with Gasteiger partial charge in [0.05, 0.1) is 19.3 Å². The van der Waals surface area contributed by atoms with E-state index in [9.17, 15) is 8.42 Å². The van der Waals surface area contributed by atoms with Gasteiger partial charge in [0.2, 0.25) is 5.69 Å². The minimum atomic E-state index is -3.44. The number of quaternary nitrogens is 1. The van der Waals surface area contributed by atoms with Crippen molar-refractivity contribution in [2.45, 2.75) is 19.1 Å². The Morgan fingerprint density at radius 1 is 1.15 bits per heavy atom. The third kappa shape index (κ3) is 2.65. The molecule has 5 nitrogen and oxygen atoms in total. The van der Waals surface area contributed by atoms with Crippen molar-refractivity contribution in [3.63, 3.8) is 0 Å². The molecule has 1 saturated heterocycles. The molecule has 2 aliphatic heterocycles. The van der Waals surface area contributed by atoms with Crippen LogP contribution in [0.1, 0.15) is 17.5 Å². The van der Waals surface area contributed by atoms with Crippen molar-refractivity contribution in [3.05, 3.63) is 65.4 Å². The molecule has 2 aromatic rings. The van der Waals surface area contributed by atoms with Crippen LogP contribution in [-0.4, -0.2) is 34.3 Å². The minimum absolute atomic E-state index is 0.0871. The van der Waals surface area contributed by atoms with Gasteiger partial charge in [-0.3, -0.25) is 0 Å². The molecule has 4 rings (SSSR count). The zero-order valence-corrected chi connectivity index (χ0v) is 15.8. The van der Waals surface area contributed by atoms with Gasteiger partial charge in [-0.05, 0) is 30.7 Å². The summed E-state index contributed by atoms with van der Waals surface area (Å²) in [5.41, 5.74) is 3.52. The lowest BCUT2D eigenvalue weighted by atomic mass is 10.0. The van der Waals surface area contributed by atoms with Crippen molar-refractivity contribution in [2.24, 2.45) is 0 Å². The first-order chi connectivity index (χ1) is 12.4. The van der Waals surface area contributed by atoms with Crippen molar-refractivity contribution in [3.8, 4) is 5.75 Å². The van der Waals surface area contributed by atoms with E-state index in [0.717, 1.165) is 29.8 Å². The molecule has 0 amide bonds. The molecule has 0 radical (unpaired) electrons. The molecule has 26 heavy (non-hydrogen) atoms. The third-order valence-corrected chi connectivity index (χ3v) is 7.05. The molecule has 0 spiro atoms. The Hall–Kier alpha value is -2.15. The fourth-order valence-electron chi connectivity index (χ4n) is 3.67. The molecule has 2 unspecified atom stereocenters. The highest BCUT2D eigenvalue weighted by atomic mass is 32.2. The number of likely N-dealkylation sites (N-methyl/N-ethyl adjacent to an activating group) is 1. The summed E-state index contributed by atoms with van der Waals surface area (Å²) < 4.78 is 31.5. The fourth-order valence-corrected chi connectivity index (χ4v) is 4.76. The SMILES string of the molecule is C[N+]1(S(C)(=O)=O)C(C2CCN2)=Cc2cccc(OCc3ccccc3)c21. The predicted molar refractivity (Wildman–Crippen MR) is 104 cm³/mol. The first-order valence-electron chi connectivity index (χ1n) is 8.74. The van der Waals surface area contributed by atoms with Gasteiger partial charge in [0.15, 0.2) is 5.75 Å². The number of rotatable bonds is 5. The Morgan fingerprint density at radius 3 is 2.50 bits per heavy atom. The zero-order chi connectivity index (χ0) is 18.4. The van der Waals surface area contributed by atoms with Crippen molar-refractivity contribution in [1.82, 2.24) is 9.21 Å². The van der Waals surface area contributed by atoms with Crippen molar-refractivity contribution in [2.75, 3.05) is 19.8 Å². The van der Waals surface area contributed by atoms with Gasteiger partial charge in [-0.2, -0.15) is 12.3 Å². The van der Waals surface area contributed by atoms with E-state index in [1.165, 1.54) is 6.26 Å². The number of para-hydroxylation sites is 1. The van der Waals surface area contributed by atoms with Crippen LogP contribution in [-0.2, 0) is 16.6 Å². The first-order valence-corrected chi connectivity index (χ1v) is 10.6. The monoisotopic (exact) mass is 371 g/mol. The molecule has 2 aliphatic rings. The topological polar surface area (TPSA) is 55.4 Å². The standard InChI is InChI=1S/C20H23N2O3S/c1-22(26(2,23)24)18(17-11-12-21-17)13-16-9-6-10-19(20(16)22)25-14-15-7-4-3-5-8-15/h3-10,13,17,21H,11-12,14H2,1-2H3/q+1. The van der Waals surface area contributed by atoms with Gasteiger partial charge >= 0.3 is 10.0 Å². The van der Waals surface area contributed by atoms with Gasteiger partial charge in [-0.15, -0.1) is 0 Å². The largest absolute Gasteiger partial charge is 0.483 e. The van der Waals surface area contributed by atoms with Gasteiger partial charge in [-0.25, -0.2) is 0 Å². The van der Waals surface area contributed by atoms with Crippen LogP contribution in [0.2, 0.25) is 0 Å². The highest BCUT2D eigenvalue weighted by molar-refractivity contribution is 7.90. The molecular formula is C20H23N2O3S+. The zero-order valence-electron chi connectivity index (χ0n) is 15.0. The maximum atomic E-state index is 12.8. The number of fused-ring (bicyclic) bond motifs is 1. The number of nitrogens with one attached hydrogen (secondary N) is 1. The summed E-state index contributed by atoms with van der Waals surface area (Å²) >= 11 is 0. The number of hydrogen-bond acceptors (Lipinski definition) is 4. The minimum Gasteiger partial charge on any atom is -0.483 e. The summed E-state index contributed by atoms with van der Waals surface area (Å²) in [7, 11) is -1.69. The van der Waals surface area contributed by atoms with E-state index in [0.29, 0.717) is 18.0 Å². The highest BCUT2D eigenvalue weighted by Gasteiger charge is 2.52. The average molecular weight is 371 g/mol. The lowest BCUT2D eigenvalue weighted by molar-refractivity contribution is 0.300. The van der Waals surface area contributed by atoms with Gasteiger partial charge < -0.3 is 10.1 Å².